The highest BCUT2D eigenvalue weighted by Crippen LogP contribution is 2.38. The molecule has 2 aromatic heterocycles. The van der Waals surface area contributed by atoms with Gasteiger partial charge in [0.25, 0.3) is 5.71 Å². The summed E-state index contributed by atoms with van der Waals surface area (Å²) >= 11 is 0. The fraction of sp³-hybridized carbons (Fsp3) is 0.600. The minimum absolute atomic E-state index is 0. The summed E-state index contributed by atoms with van der Waals surface area (Å²) in [6.45, 7) is 5.00. The Balaban J connectivity index is 0.00000169. The van der Waals surface area contributed by atoms with Crippen LogP contribution in [0.5, 0.6) is 0 Å². The minimum atomic E-state index is -3.52. The number of nitrogens with one attached hydrogen (secondary N) is 1. The first kappa shape index (κ1) is 17.6. The van der Waals surface area contributed by atoms with Gasteiger partial charge in [0.05, 0.1) is 17.3 Å². The number of pyridine rings is 1. The minimum Gasteiger partial charge on any atom is -0.336 e. The first-order chi connectivity index (χ1) is 11.0. The smallest absolute Gasteiger partial charge is 0.258 e. The van der Waals surface area contributed by atoms with Crippen LogP contribution in [0.4, 0.5) is 0 Å². The quantitative estimate of drug-likeness (QED) is 0.880. The molecular formula is C15H21ClN4O3S. The van der Waals surface area contributed by atoms with Crippen molar-refractivity contribution in [2.24, 2.45) is 5.41 Å². The van der Waals surface area contributed by atoms with Crippen molar-refractivity contribution < 1.29 is 12.9 Å². The van der Waals surface area contributed by atoms with Crippen molar-refractivity contribution in [1.29, 1.82) is 0 Å². The monoisotopic (exact) mass is 372 g/mol. The number of rotatable bonds is 3. The van der Waals surface area contributed by atoms with Crippen molar-refractivity contribution in [2.75, 3.05) is 26.2 Å². The third-order valence-corrected chi connectivity index (χ3v) is 6.90. The highest BCUT2D eigenvalue weighted by molar-refractivity contribution is 7.89. The maximum absolute atomic E-state index is 13.0. The van der Waals surface area contributed by atoms with Crippen LogP contribution in [0.15, 0.2) is 21.7 Å². The second kappa shape index (κ2) is 6.25. The van der Waals surface area contributed by atoms with Crippen LogP contribution in [0, 0.1) is 5.41 Å². The Bertz CT molecular complexity index is 846. The van der Waals surface area contributed by atoms with Crippen molar-refractivity contribution >= 4 is 33.5 Å². The molecule has 4 heterocycles. The lowest BCUT2D eigenvalue weighted by Gasteiger charge is -2.22. The molecule has 7 nitrogen and oxygen atoms in total. The van der Waals surface area contributed by atoms with Crippen LogP contribution < -0.4 is 5.32 Å². The maximum atomic E-state index is 13.0. The molecule has 0 aromatic carbocycles. The molecule has 1 N–H and O–H groups in total. The molecule has 0 aliphatic carbocycles. The summed E-state index contributed by atoms with van der Waals surface area (Å²) in [5.74, 6) is 0. The van der Waals surface area contributed by atoms with Gasteiger partial charge in [-0.05, 0) is 37.3 Å². The zero-order chi connectivity index (χ0) is 16.1. The fourth-order valence-electron chi connectivity index (χ4n) is 3.65. The van der Waals surface area contributed by atoms with E-state index in [0.29, 0.717) is 30.6 Å². The highest BCUT2D eigenvalue weighted by Gasteiger charge is 2.44. The number of sulfonamides is 1. The molecule has 0 amide bonds. The zero-order valence-electron chi connectivity index (χ0n) is 13.5. The van der Waals surface area contributed by atoms with Crippen LogP contribution in [0.2, 0.25) is 0 Å². The van der Waals surface area contributed by atoms with E-state index >= 15 is 0 Å². The third-order valence-electron chi connectivity index (χ3n) is 5.09. The molecule has 2 aliphatic rings. The summed E-state index contributed by atoms with van der Waals surface area (Å²) < 4.78 is 32.6. The van der Waals surface area contributed by atoms with E-state index < -0.39 is 10.0 Å². The molecule has 1 spiro atoms. The summed E-state index contributed by atoms with van der Waals surface area (Å²) in [7, 11) is -3.52. The fourth-order valence-corrected chi connectivity index (χ4v) is 5.17. The average molecular weight is 373 g/mol. The number of halogens is 1. The molecule has 0 saturated carbocycles. The van der Waals surface area contributed by atoms with E-state index in [2.05, 4.69) is 15.5 Å². The lowest BCUT2D eigenvalue weighted by molar-refractivity contribution is 0.338. The molecule has 2 saturated heterocycles. The van der Waals surface area contributed by atoms with E-state index in [1.54, 1.807) is 10.4 Å². The first-order valence-corrected chi connectivity index (χ1v) is 9.43. The Kier molecular flexibility index (Phi) is 4.59. The summed E-state index contributed by atoms with van der Waals surface area (Å²) in [6, 6.07) is 1.64. The largest absolute Gasteiger partial charge is 0.336 e. The number of hydrogen-bond donors (Lipinski definition) is 1. The molecule has 2 aromatic rings. The molecule has 4 rings (SSSR count). The molecule has 1 atom stereocenters. The second-order valence-corrected chi connectivity index (χ2v) is 8.46. The van der Waals surface area contributed by atoms with Crippen LogP contribution in [0.1, 0.15) is 25.5 Å². The van der Waals surface area contributed by atoms with Gasteiger partial charge in [0.2, 0.25) is 10.0 Å². The average Bonchev–Trinajstić information content (AvgIpc) is 3.28. The van der Waals surface area contributed by atoms with Gasteiger partial charge >= 0.3 is 0 Å². The van der Waals surface area contributed by atoms with Crippen molar-refractivity contribution in [3.05, 3.63) is 18.0 Å². The van der Waals surface area contributed by atoms with Crippen LogP contribution >= 0.6 is 12.4 Å². The van der Waals surface area contributed by atoms with Crippen molar-refractivity contribution in [2.45, 2.75) is 31.1 Å². The lowest BCUT2D eigenvalue weighted by atomic mass is 9.87. The van der Waals surface area contributed by atoms with E-state index in [0.717, 1.165) is 31.6 Å². The van der Waals surface area contributed by atoms with Gasteiger partial charge in [0.15, 0.2) is 0 Å². The van der Waals surface area contributed by atoms with Crippen molar-refractivity contribution in [3.8, 4) is 0 Å². The van der Waals surface area contributed by atoms with E-state index in [1.165, 1.54) is 6.20 Å². The molecule has 2 aliphatic heterocycles. The van der Waals surface area contributed by atoms with Crippen LogP contribution in [-0.2, 0) is 16.4 Å². The van der Waals surface area contributed by atoms with Gasteiger partial charge in [-0.3, -0.25) is 0 Å². The van der Waals surface area contributed by atoms with Gasteiger partial charge < -0.3 is 9.84 Å². The Morgan fingerprint density at radius 3 is 2.96 bits per heavy atom. The van der Waals surface area contributed by atoms with Crippen LogP contribution in [0.3, 0.4) is 0 Å². The van der Waals surface area contributed by atoms with Gasteiger partial charge in [-0.25, -0.2) is 13.4 Å². The third kappa shape index (κ3) is 2.71. The van der Waals surface area contributed by atoms with Crippen molar-refractivity contribution in [1.82, 2.24) is 19.8 Å². The molecule has 9 heteroatoms. The van der Waals surface area contributed by atoms with Crippen LogP contribution in [-0.4, -0.2) is 49.0 Å². The number of nitrogens with zero attached hydrogens (tertiary/aromatic N) is 3. The Morgan fingerprint density at radius 1 is 1.42 bits per heavy atom. The summed E-state index contributed by atoms with van der Waals surface area (Å²) in [5, 5.41) is 7.97. The predicted octanol–water partition coefficient (Wildman–Crippen LogP) is 1.58. The summed E-state index contributed by atoms with van der Waals surface area (Å²) in [4.78, 5) is 4.36. The van der Waals surface area contributed by atoms with Crippen molar-refractivity contribution in [3.63, 3.8) is 0 Å². The van der Waals surface area contributed by atoms with Gasteiger partial charge in [-0.2, -0.15) is 4.31 Å². The standard InChI is InChI=1S/C15H20N4O3S.ClH/c1-2-13-12-7-11(8-17-14(12)22-18-13)23(20,21)19-6-4-15(10-19)3-5-16-9-15;/h7-8,16H,2-6,9-10H2,1H3;1H. The summed E-state index contributed by atoms with van der Waals surface area (Å²) in [5.41, 5.74) is 1.23. The zero-order valence-corrected chi connectivity index (χ0v) is 15.1. The van der Waals surface area contributed by atoms with E-state index in [9.17, 15) is 8.42 Å². The Labute approximate surface area is 147 Å². The highest BCUT2D eigenvalue weighted by atomic mass is 35.5. The molecule has 0 radical (unpaired) electrons. The van der Waals surface area contributed by atoms with E-state index in [1.807, 2.05) is 6.92 Å². The van der Waals surface area contributed by atoms with Crippen LogP contribution in [0.25, 0.3) is 11.1 Å². The number of aromatic nitrogens is 2. The second-order valence-electron chi connectivity index (χ2n) is 6.52. The molecular weight excluding hydrogens is 352 g/mol. The van der Waals surface area contributed by atoms with E-state index in [-0.39, 0.29) is 22.7 Å². The Hall–Kier alpha value is -1.22. The number of aryl methyl sites for hydroxylation is 1. The lowest BCUT2D eigenvalue weighted by Crippen LogP contribution is -2.33. The van der Waals surface area contributed by atoms with Gasteiger partial charge in [0.1, 0.15) is 4.90 Å². The maximum Gasteiger partial charge on any atom is 0.258 e. The number of hydrogen-bond acceptors (Lipinski definition) is 6. The normalized spacial score (nSPS) is 24.7. The topological polar surface area (TPSA) is 88.3 Å². The van der Waals surface area contributed by atoms with Gasteiger partial charge in [-0.1, -0.05) is 12.1 Å². The molecule has 132 valence electrons. The molecule has 2 fully saturated rings. The summed E-state index contributed by atoms with van der Waals surface area (Å²) in [6.07, 6.45) is 4.02. The first-order valence-electron chi connectivity index (χ1n) is 7.99. The molecule has 24 heavy (non-hydrogen) atoms. The van der Waals surface area contributed by atoms with Gasteiger partial charge in [-0.15, -0.1) is 12.4 Å². The Morgan fingerprint density at radius 2 is 2.25 bits per heavy atom. The SMILES string of the molecule is CCc1noc2ncc(S(=O)(=O)N3CCC4(CCNC4)C3)cc12.Cl. The predicted molar refractivity (Wildman–Crippen MR) is 91.7 cm³/mol. The van der Waals surface area contributed by atoms with Gasteiger partial charge in [0, 0.05) is 19.6 Å². The molecule has 1 unspecified atom stereocenters. The van der Waals surface area contributed by atoms with E-state index in [4.69, 9.17) is 4.52 Å². The number of fused-ring (bicyclic) bond motifs is 1. The molecule has 0 bridgehead atoms.